The van der Waals surface area contributed by atoms with E-state index in [0.717, 1.165) is 24.1 Å². The number of amides is 1. The molecule has 132 valence electrons. The van der Waals surface area contributed by atoms with Crippen molar-refractivity contribution in [1.82, 2.24) is 25.1 Å². The summed E-state index contributed by atoms with van der Waals surface area (Å²) in [5.74, 6) is -0.0804. The molecule has 1 amide bonds. The fraction of sp³-hybridized carbons (Fsp3) is 0.222. The van der Waals surface area contributed by atoms with Crippen LogP contribution in [0.5, 0.6) is 0 Å². The Bertz CT molecular complexity index is 999. The van der Waals surface area contributed by atoms with E-state index in [9.17, 15) is 4.79 Å². The van der Waals surface area contributed by atoms with Crippen LogP contribution in [0.15, 0.2) is 36.5 Å². The number of fused-ring (bicyclic) bond motifs is 1. The minimum atomic E-state index is -0.387. The summed E-state index contributed by atoms with van der Waals surface area (Å²) in [5.41, 5.74) is 9.18. The van der Waals surface area contributed by atoms with Gasteiger partial charge in [-0.05, 0) is 37.0 Å². The first kappa shape index (κ1) is 16.5. The third kappa shape index (κ3) is 2.90. The predicted octanol–water partition coefficient (Wildman–Crippen LogP) is 2.62. The fourth-order valence-electron chi connectivity index (χ4n) is 3.20. The average molecular weight is 369 g/mol. The topological polar surface area (TPSA) is 98.7 Å². The number of benzene rings is 1. The Morgan fingerprint density at radius 1 is 1.31 bits per heavy atom. The first-order valence-corrected chi connectivity index (χ1v) is 8.65. The molecule has 0 saturated carbocycles. The van der Waals surface area contributed by atoms with Crippen molar-refractivity contribution >= 4 is 23.3 Å². The lowest BCUT2D eigenvalue weighted by Gasteiger charge is -2.15. The number of aryl methyl sites for hydroxylation is 2. The van der Waals surface area contributed by atoms with Crippen molar-refractivity contribution < 1.29 is 4.79 Å². The van der Waals surface area contributed by atoms with Crippen LogP contribution in [-0.2, 0) is 6.42 Å². The number of nitrogens with two attached hydrogens (primary N) is 1. The quantitative estimate of drug-likeness (QED) is 0.740. The second-order valence-corrected chi connectivity index (χ2v) is 6.60. The van der Waals surface area contributed by atoms with Gasteiger partial charge in [0.15, 0.2) is 22.5 Å². The summed E-state index contributed by atoms with van der Waals surface area (Å²) in [5, 5.41) is 7.29. The van der Waals surface area contributed by atoms with Crippen molar-refractivity contribution in [2.75, 3.05) is 5.73 Å². The number of aromatic nitrogens is 4. The Balaban J connectivity index is 1.60. The van der Waals surface area contributed by atoms with E-state index in [1.54, 1.807) is 6.20 Å². The van der Waals surface area contributed by atoms with E-state index < -0.39 is 0 Å². The van der Waals surface area contributed by atoms with Gasteiger partial charge < -0.3 is 11.1 Å². The van der Waals surface area contributed by atoms with Crippen LogP contribution < -0.4 is 11.1 Å². The molecule has 0 spiro atoms. The molecule has 1 aromatic carbocycles. The van der Waals surface area contributed by atoms with E-state index in [1.165, 1.54) is 10.2 Å². The van der Waals surface area contributed by atoms with Crippen molar-refractivity contribution in [3.63, 3.8) is 0 Å². The Kier molecular flexibility index (Phi) is 4.08. The van der Waals surface area contributed by atoms with E-state index in [0.29, 0.717) is 5.82 Å². The van der Waals surface area contributed by atoms with Crippen molar-refractivity contribution in [3.05, 3.63) is 64.2 Å². The molecule has 4 rings (SSSR count). The number of carbonyl (C=O) groups excluding carboxylic acids is 1. The van der Waals surface area contributed by atoms with Gasteiger partial charge in [0.1, 0.15) is 0 Å². The zero-order chi connectivity index (χ0) is 18.3. The highest BCUT2D eigenvalue weighted by Crippen LogP contribution is 2.31. The van der Waals surface area contributed by atoms with Crippen LogP contribution in [0.3, 0.4) is 0 Å². The van der Waals surface area contributed by atoms with Gasteiger partial charge in [-0.15, -0.1) is 0 Å². The molecule has 0 aliphatic heterocycles. The van der Waals surface area contributed by atoms with Crippen LogP contribution in [0.2, 0.25) is 5.15 Å². The van der Waals surface area contributed by atoms with E-state index >= 15 is 0 Å². The predicted molar refractivity (Wildman–Crippen MR) is 98.3 cm³/mol. The number of nitrogen functional groups attached to an aromatic ring is 1. The Hall–Kier alpha value is -2.93. The van der Waals surface area contributed by atoms with Crippen LogP contribution in [0.25, 0.3) is 5.82 Å². The summed E-state index contributed by atoms with van der Waals surface area (Å²) in [6.07, 6.45) is 3.48. The van der Waals surface area contributed by atoms with Gasteiger partial charge >= 0.3 is 0 Å². The smallest absolute Gasteiger partial charge is 0.274 e. The number of anilines is 1. The van der Waals surface area contributed by atoms with Crippen LogP contribution in [0.1, 0.15) is 39.8 Å². The number of hydrogen-bond acceptors (Lipinski definition) is 5. The van der Waals surface area contributed by atoms with Gasteiger partial charge in [-0.1, -0.05) is 35.9 Å². The lowest BCUT2D eigenvalue weighted by molar-refractivity contribution is 0.0932. The molecule has 7 nitrogen and oxygen atoms in total. The Labute approximate surface area is 155 Å². The molecule has 0 fully saturated rings. The number of halogens is 1. The van der Waals surface area contributed by atoms with Crippen LogP contribution in [0.4, 0.5) is 5.82 Å². The molecule has 1 aliphatic carbocycles. The average Bonchev–Trinajstić information content (AvgIpc) is 3.23. The molecule has 3 N–H and O–H groups in total. The van der Waals surface area contributed by atoms with Gasteiger partial charge in [0, 0.05) is 6.20 Å². The minimum absolute atomic E-state index is 0.0151. The van der Waals surface area contributed by atoms with Gasteiger partial charge in [0.05, 0.1) is 11.7 Å². The lowest BCUT2D eigenvalue weighted by atomic mass is 10.1. The zero-order valence-corrected chi connectivity index (χ0v) is 14.9. The van der Waals surface area contributed by atoms with Crippen molar-refractivity contribution in [2.24, 2.45) is 0 Å². The van der Waals surface area contributed by atoms with E-state index in [2.05, 4.69) is 26.4 Å². The van der Waals surface area contributed by atoms with Crippen molar-refractivity contribution in [1.29, 1.82) is 0 Å². The summed E-state index contributed by atoms with van der Waals surface area (Å²) in [4.78, 5) is 21.0. The first-order chi connectivity index (χ1) is 12.5. The molecule has 26 heavy (non-hydrogen) atoms. The largest absolute Gasteiger partial charge is 0.382 e. The summed E-state index contributed by atoms with van der Waals surface area (Å²) in [6, 6.07) is 9.82. The number of hydrogen-bond donors (Lipinski definition) is 2. The highest BCUT2D eigenvalue weighted by Gasteiger charge is 2.26. The maximum Gasteiger partial charge on any atom is 0.274 e. The fourth-order valence-corrected chi connectivity index (χ4v) is 3.41. The van der Waals surface area contributed by atoms with E-state index in [-0.39, 0.29) is 28.6 Å². The highest BCUT2D eigenvalue weighted by molar-refractivity contribution is 6.31. The summed E-state index contributed by atoms with van der Waals surface area (Å²) in [7, 11) is 0. The maximum atomic E-state index is 12.7. The summed E-state index contributed by atoms with van der Waals surface area (Å²) in [6.45, 7) is 1.85. The van der Waals surface area contributed by atoms with Gasteiger partial charge in [-0.3, -0.25) is 4.79 Å². The molecule has 0 unspecified atom stereocenters. The standard InChI is InChI=1S/C18H17ClN6O/c1-10-8-9-25(24-10)17-15(19)22-14(16(20)23-17)18(26)21-13-7-6-11-4-2-3-5-12(11)13/h2-5,8-9,13H,6-7H2,1H3,(H2,20,23)(H,21,26)/t13-/m1/s1. The SMILES string of the molecule is Cc1ccn(-c2nc(N)c(C(=O)N[C@@H]3CCc4ccccc43)nc2Cl)n1. The molecular weight excluding hydrogens is 352 g/mol. The summed E-state index contributed by atoms with van der Waals surface area (Å²) < 4.78 is 1.48. The second-order valence-electron chi connectivity index (χ2n) is 6.24. The number of carbonyl (C=O) groups is 1. The second kappa shape index (κ2) is 6.42. The van der Waals surface area contributed by atoms with Crippen LogP contribution >= 0.6 is 11.6 Å². The van der Waals surface area contributed by atoms with Crippen molar-refractivity contribution in [2.45, 2.75) is 25.8 Å². The third-order valence-corrected chi connectivity index (χ3v) is 4.71. The molecule has 1 aliphatic rings. The maximum absolute atomic E-state index is 12.7. The first-order valence-electron chi connectivity index (χ1n) is 8.27. The molecule has 0 bridgehead atoms. The molecule has 8 heteroatoms. The third-order valence-electron chi connectivity index (χ3n) is 4.46. The van der Waals surface area contributed by atoms with Gasteiger partial charge in [-0.25, -0.2) is 14.6 Å². The molecule has 0 radical (unpaired) electrons. The highest BCUT2D eigenvalue weighted by atomic mass is 35.5. The minimum Gasteiger partial charge on any atom is -0.382 e. The molecule has 0 saturated heterocycles. The molecular formula is C18H17ClN6O. The van der Waals surface area contributed by atoms with Crippen molar-refractivity contribution in [3.8, 4) is 5.82 Å². The molecule has 3 aromatic rings. The van der Waals surface area contributed by atoms with Gasteiger partial charge in [0.2, 0.25) is 0 Å². The molecule has 2 aromatic heterocycles. The molecule has 2 heterocycles. The van der Waals surface area contributed by atoms with Crippen LogP contribution in [-0.4, -0.2) is 25.7 Å². The van der Waals surface area contributed by atoms with Gasteiger partial charge in [0.25, 0.3) is 5.91 Å². The summed E-state index contributed by atoms with van der Waals surface area (Å²) >= 11 is 6.22. The van der Waals surface area contributed by atoms with E-state index in [4.69, 9.17) is 17.3 Å². The monoisotopic (exact) mass is 368 g/mol. The normalized spacial score (nSPS) is 15.7. The number of nitrogens with one attached hydrogen (secondary N) is 1. The number of nitrogens with zero attached hydrogens (tertiary/aromatic N) is 4. The Morgan fingerprint density at radius 2 is 2.12 bits per heavy atom. The lowest BCUT2D eigenvalue weighted by Crippen LogP contribution is -2.29. The van der Waals surface area contributed by atoms with Crippen LogP contribution in [0, 0.1) is 6.92 Å². The number of rotatable bonds is 3. The van der Waals surface area contributed by atoms with Gasteiger partial charge in [-0.2, -0.15) is 5.10 Å². The zero-order valence-electron chi connectivity index (χ0n) is 14.1. The molecule has 1 atom stereocenters. The Morgan fingerprint density at radius 3 is 2.88 bits per heavy atom. The van der Waals surface area contributed by atoms with E-state index in [1.807, 2.05) is 31.2 Å².